The molecule has 6 nitrogen and oxygen atoms in total. The fourth-order valence-electron chi connectivity index (χ4n) is 2.70. The molecule has 0 bridgehead atoms. The van der Waals surface area contributed by atoms with Crippen molar-refractivity contribution in [2.24, 2.45) is 0 Å². The molecule has 1 aromatic carbocycles. The maximum absolute atomic E-state index is 12.3. The summed E-state index contributed by atoms with van der Waals surface area (Å²) in [5.41, 5.74) is 0.367. The van der Waals surface area contributed by atoms with Crippen molar-refractivity contribution in [2.75, 3.05) is 20.2 Å². The fourth-order valence-corrected chi connectivity index (χ4v) is 2.70. The molecule has 122 valence electrons. The highest BCUT2D eigenvalue weighted by molar-refractivity contribution is 5.92. The lowest BCUT2D eigenvalue weighted by Gasteiger charge is -2.31. The third-order valence-corrected chi connectivity index (χ3v) is 3.94. The van der Waals surface area contributed by atoms with Gasteiger partial charge in [0.15, 0.2) is 17.2 Å². The molecule has 2 heterocycles. The van der Waals surface area contributed by atoms with Gasteiger partial charge in [-0.05, 0) is 19.1 Å². The van der Waals surface area contributed by atoms with Gasteiger partial charge >= 0.3 is 0 Å². The number of aromatic nitrogens is 1. The number of carbonyl (C=O) groups is 1. The number of rotatable bonds is 4. The van der Waals surface area contributed by atoms with Gasteiger partial charge in [-0.25, -0.2) is 0 Å². The third kappa shape index (κ3) is 3.47. The van der Waals surface area contributed by atoms with Crippen LogP contribution in [0.4, 0.5) is 0 Å². The average molecular weight is 316 g/mol. The van der Waals surface area contributed by atoms with Crippen molar-refractivity contribution in [1.29, 1.82) is 0 Å². The first kappa shape index (κ1) is 15.4. The van der Waals surface area contributed by atoms with E-state index in [9.17, 15) is 4.79 Å². The summed E-state index contributed by atoms with van der Waals surface area (Å²) >= 11 is 0. The summed E-state index contributed by atoms with van der Waals surface area (Å²) in [6, 6.07) is 9.27. The zero-order valence-electron chi connectivity index (χ0n) is 13.3. The summed E-state index contributed by atoms with van der Waals surface area (Å²) < 4.78 is 16.3. The van der Waals surface area contributed by atoms with Crippen LogP contribution in [0.5, 0.6) is 11.5 Å². The highest BCUT2D eigenvalue weighted by Gasteiger charge is 2.26. The monoisotopic (exact) mass is 316 g/mol. The molecular formula is C17H20N2O4. The maximum Gasteiger partial charge on any atom is 0.276 e. The van der Waals surface area contributed by atoms with Crippen LogP contribution in [-0.4, -0.2) is 42.3 Å². The van der Waals surface area contributed by atoms with Crippen LogP contribution in [0.2, 0.25) is 0 Å². The van der Waals surface area contributed by atoms with Gasteiger partial charge in [0.05, 0.1) is 7.11 Å². The second kappa shape index (κ2) is 6.73. The molecule has 0 unspecified atom stereocenters. The Balaban J connectivity index is 1.57. The van der Waals surface area contributed by atoms with E-state index in [2.05, 4.69) is 5.16 Å². The molecule has 1 aliphatic rings. The summed E-state index contributed by atoms with van der Waals surface area (Å²) in [6.45, 7) is 3.06. The number of methoxy groups -OCH3 is 1. The Morgan fingerprint density at radius 2 is 1.96 bits per heavy atom. The number of carbonyl (C=O) groups excluding carboxylic acids is 1. The first-order chi connectivity index (χ1) is 11.2. The van der Waals surface area contributed by atoms with Crippen molar-refractivity contribution in [3.63, 3.8) is 0 Å². The van der Waals surface area contributed by atoms with Gasteiger partial charge in [-0.2, -0.15) is 0 Å². The summed E-state index contributed by atoms with van der Waals surface area (Å²) in [7, 11) is 1.63. The van der Waals surface area contributed by atoms with E-state index in [0.29, 0.717) is 24.5 Å². The molecule has 1 aliphatic heterocycles. The van der Waals surface area contributed by atoms with Crippen LogP contribution in [-0.2, 0) is 0 Å². The topological polar surface area (TPSA) is 64.8 Å². The van der Waals surface area contributed by atoms with Gasteiger partial charge in [0.2, 0.25) is 0 Å². The molecule has 0 spiro atoms. The number of benzene rings is 1. The standard InChI is InChI=1S/C17H20N2O4/c1-12-11-14(18-23-12)17(20)19-9-7-13(8-10-19)22-16-6-4-3-5-15(16)21-2/h3-6,11,13H,7-10H2,1-2H3. The van der Waals surface area contributed by atoms with E-state index < -0.39 is 0 Å². The number of likely N-dealkylation sites (tertiary alicyclic amines) is 1. The molecule has 1 aromatic heterocycles. The van der Waals surface area contributed by atoms with Gasteiger partial charge in [0.1, 0.15) is 11.9 Å². The molecular weight excluding hydrogens is 296 g/mol. The van der Waals surface area contributed by atoms with Gasteiger partial charge < -0.3 is 18.9 Å². The van der Waals surface area contributed by atoms with E-state index in [-0.39, 0.29) is 12.0 Å². The summed E-state index contributed by atoms with van der Waals surface area (Å²) in [5, 5.41) is 3.79. The molecule has 1 amide bonds. The van der Waals surface area contributed by atoms with E-state index in [0.717, 1.165) is 24.3 Å². The van der Waals surface area contributed by atoms with E-state index in [1.165, 1.54) is 0 Å². The number of hydrogen-bond donors (Lipinski definition) is 0. The largest absolute Gasteiger partial charge is 0.493 e. The molecule has 2 aromatic rings. The molecule has 1 fully saturated rings. The Labute approximate surface area is 135 Å². The van der Waals surface area contributed by atoms with Crippen molar-refractivity contribution in [1.82, 2.24) is 10.1 Å². The number of hydrogen-bond acceptors (Lipinski definition) is 5. The van der Waals surface area contributed by atoms with Gasteiger partial charge in [-0.15, -0.1) is 0 Å². The van der Waals surface area contributed by atoms with E-state index >= 15 is 0 Å². The quantitative estimate of drug-likeness (QED) is 0.867. The molecule has 0 atom stereocenters. The lowest BCUT2D eigenvalue weighted by molar-refractivity contribution is 0.0581. The van der Waals surface area contributed by atoms with E-state index in [1.807, 2.05) is 24.3 Å². The summed E-state index contributed by atoms with van der Waals surface area (Å²) in [5.74, 6) is 2.02. The minimum Gasteiger partial charge on any atom is -0.493 e. The number of aryl methyl sites for hydroxylation is 1. The van der Waals surface area contributed by atoms with Gasteiger partial charge in [-0.1, -0.05) is 17.3 Å². The molecule has 0 aliphatic carbocycles. The molecule has 0 radical (unpaired) electrons. The minimum absolute atomic E-state index is 0.0781. The first-order valence-electron chi connectivity index (χ1n) is 7.69. The Morgan fingerprint density at radius 1 is 1.26 bits per heavy atom. The Bertz CT molecular complexity index is 675. The van der Waals surface area contributed by atoms with Crippen LogP contribution in [0.3, 0.4) is 0 Å². The van der Waals surface area contributed by atoms with Crippen molar-refractivity contribution in [2.45, 2.75) is 25.9 Å². The van der Waals surface area contributed by atoms with Crippen molar-refractivity contribution in [3.8, 4) is 11.5 Å². The normalized spacial score (nSPS) is 15.5. The summed E-state index contributed by atoms with van der Waals surface area (Å²) in [6.07, 6.45) is 1.63. The van der Waals surface area contributed by atoms with Gasteiger partial charge in [0, 0.05) is 32.0 Å². The molecule has 6 heteroatoms. The highest BCUT2D eigenvalue weighted by atomic mass is 16.5. The number of ether oxygens (including phenoxy) is 2. The number of piperidine rings is 1. The number of amides is 1. The average Bonchev–Trinajstić information content (AvgIpc) is 3.02. The molecule has 0 N–H and O–H groups in total. The second-order valence-electron chi connectivity index (χ2n) is 5.58. The van der Waals surface area contributed by atoms with E-state index in [4.69, 9.17) is 14.0 Å². The van der Waals surface area contributed by atoms with Crippen LogP contribution < -0.4 is 9.47 Å². The first-order valence-corrected chi connectivity index (χ1v) is 7.69. The van der Waals surface area contributed by atoms with E-state index in [1.54, 1.807) is 25.0 Å². The van der Waals surface area contributed by atoms with Crippen LogP contribution in [0, 0.1) is 6.92 Å². The molecule has 3 rings (SSSR count). The smallest absolute Gasteiger partial charge is 0.276 e. The molecule has 23 heavy (non-hydrogen) atoms. The van der Waals surface area contributed by atoms with Crippen LogP contribution in [0.15, 0.2) is 34.9 Å². The van der Waals surface area contributed by atoms with Crippen molar-refractivity contribution >= 4 is 5.91 Å². The predicted octanol–water partition coefficient (Wildman–Crippen LogP) is 2.68. The lowest BCUT2D eigenvalue weighted by Crippen LogP contribution is -2.41. The van der Waals surface area contributed by atoms with Gasteiger partial charge in [0.25, 0.3) is 5.91 Å². The lowest BCUT2D eigenvalue weighted by atomic mass is 10.1. The van der Waals surface area contributed by atoms with Crippen LogP contribution in [0.1, 0.15) is 29.1 Å². The second-order valence-corrected chi connectivity index (χ2v) is 5.58. The summed E-state index contributed by atoms with van der Waals surface area (Å²) in [4.78, 5) is 14.1. The van der Waals surface area contributed by atoms with Crippen molar-refractivity contribution < 1.29 is 18.8 Å². The fraction of sp³-hybridized carbons (Fsp3) is 0.412. The van der Waals surface area contributed by atoms with Gasteiger partial charge in [-0.3, -0.25) is 4.79 Å². The Kier molecular flexibility index (Phi) is 4.50. The van der Waals surface area contributed by atoms with Crippen molar-refractivity contribution in [3.05, 3.63) is 41.8 Å². The highest BCUT2D eigenvalue weighted by Crippen LogP contribution is 2.29. The zero-order chi connectivity index (χ0) is 16.2. The van der Waals surface area contributed by atoms with Crippen LogP contribution >= 0.6 is 0 Å². The minimum atomic E-state index is -0.0856. The number of para-hydroxylation sites is 2. The van der Waals surface area contributed by atoms with Crippen LogP contribution in [0.25, 0.3) is 0 Å². The predicted molar refractivity (Wildman–Crippen MR) is 83.8 cm³/mol. The SMILES string of the molecule is COc1ccccc1OC1CCN(C(=O)c2cc(C)on2)CC1. The Hall–Kier alpha value is -2.50. The molecule has 0 saturated carbocycles. The zero-order valence-corrected chi connectivity index (χ0v) is 13.3. The number of nitrogens with zero attached hydrogens (tertiary/aromatic N) is 2. The molecule has 1 saturated heterocycles. The maximum atomic E-state index is 12.3. The Morgan fingerprint density at radius 3 is 2.57 bits per heavy atom. The third-order valence-electron chi connectivity index (χ3n) is 3.94.